The predicted octanol–water partition coefficient (Wildman–Crippen LogP) is 1.35. The molecule has 0 aliphatic carbocycles. The Labute approximate surface area is 51.7 Å². The largest absolute Gasteiger partial charge is 0.777 e. The third kappa shape index (κ3) is 8.90. The first-order valence-corrected chi connectivity index (χ1v) is 3.76. The summed E-state index contributed by atoms with van der Waals surface area (Å²) in [5.74, 6) is 0. The molecule has 5 heteroatoms. The van der Waals surface area contributed by atoms with Gasteiger partial charge in [0.2, 0.25) is 0 Å². The molecule has 0 heterocycles. The summed E-state index contributed by atoms with van der Waals surface area (Å²) < 4.78 is 10.9. The molecule has 0 spiro atoms. The van der Waals surface area contributed by atoms with E-state index in [-0.39, 0.29) is 26.8 Å². The Morgan fingerprint density at radius 2 is 2.00 bits per heavy atom. The third-order valence-corrected chi connectivity index (χ3v) is 1.07. The molecule has 0 saturated heterocycles. The molecular weight excluding hydrogens is 158 g/mol. The normalized spacial score (nSPS) is 8.33. The van der Waals surface area contributed by atoms with Gasteiger partial charge >= 0.3 is 0 Å². The molecule has 0 aromatic carbocycles. The van der Waals surface area contributed by atoms with Gasteiger partial charge in [0.15, 0.2) is 0 Å². The molecule has 0 amide bonds. The molecule has 1 radical (unpaired) electrons. The van der Waals surface area contributed by atoms with Crippen LogP contribution in [0.2, 0.25) is 0 Å². The van der Waals surface area contributed by atoms with Crippen molar-refractivity contribution in [1.29, 1.82) is 0 Å². The van der Waals surface area contributed by atoms with Crippen molar-refractivity contribution in [2.75, 3.05) is 0 Å². The summed E-state index contributed by atoms with van der Waals surface area (Å²) in [6, 6.07) is 0. The van der Waals surface area contributed by atoms with Crippen LogP contribution in [0.25, 0.3) is 5.41 Å². The van der Waals surface area contributed by atoms with Crippen molar-refractivity contribution >= 4 is 22.9 Å². The van der Waals surface area contributed by atoms with Crippen LogP contribution in [0.1, 0.15) is 0 Å². The molecule has 2 atom stereocenters. The van der Waals surface area contributed by atoms with Crippen LogP contribution in [0, 0.1) is 0 Å². The summed E-state index contributed by atoms with van der Waals surface area (Å²) in [5, 5.41) is 7.60. The maximum absolute atomic E-state index is 10.9. The van der Waals surface area contributed by atoms with Gasteiger partial charge in [0.1, 0.15) is 0 Å². The van der Waals surface area contributed by atoms with Crippen LogP contribution < -0.4 is 0 Å². The molecule has 0 bridgehead atoms. The maximum atomic E-state index is 10.9. The second kappa shape index (κ2) is 6.04. The summed E-state index contributed by atoms with van der Waals surface area (Å²) in [5.41, 5.74) is -1.00. The van der Waals surface area contributed by atoms with E-state index in [0.29, 0.717) is 0 Å². The smallest absolute Gasteiger partial charge is 0.000128 e. The van der Waals surface area contributed by atoms with Crippen molar-refractivity contribution in [1.82, 2.24) is 0 Å². The number of nitrogens with zero attached hydrogens (tertiary/aromatic N) is 1. The van der Waals surface area contributed by atoms with Crippen LogP contribution in [-0.4, -0.2) is 5.71 Å². The van der Waals surface area contributed by atoms with Crippen molar-refractivity contribution in [2.45, 2.75) is 0 Å². The quantitative estimate of drug-likeness (QED) is 0.409. The zero-order chi connectivity index (χ0) is 4.28. The Bertz CT molecular complexity index is 48.8. The SMILES string of the molecule is [N-]=C(F)PP.[V]. The fraction of sp³-hybridized carbons (Fsp3) is 0. The van der Waals surface area contributed by atoms with E-state index in [2.05, 4.69) is 8.93 Å². The molecule has 0 fully saturated rings. The molecule has 6 heavy (non-hydrogen) atoms. The molecule has 0 rings (SSSR count). The molecule has 2 unspecified atom stereocenters. The number of rotatable bonds is 1. The Kier molecular flexibility index (Phi) is 10.2. The summed E-state index contributed by atoms with van der Waals surface area (Å²) in [6.07, 6.45) is 0. The summed E-state index contributed by atoms with van der Waals surface area (Å²) in [4.78, 5) is 0. The average Bonchev–Trinajstić information content (AvgIpc) is 1.38. The van der Waals surface area contributed by atoms with Crippen molar-refractivity contribution in [3.63, 3.8) is 0 Å². The zero-order valence-electron chi connectivity index (χ0n) is 2.85. The molecular formula is CH3FNP2V-. The molecule has 0 aromatic rings. The van der Waals surface area contributed by atoms with Crippen molar-refractivity contribution in [2.24, 2.45) is 0 Å². The first-order valence-electron chi connectivity index (χ1n) is 0.951. The molecule has 0 aliphatic heterocycles. The molecule has 0 aliphatic rings. The van der Waals surface area contributed by atoms with E-state index >= 15 is 0 Å². The second-order valence-corrected chi connectivity index (χ2v) is 2.00. The van der Waals surface area contributed by atoms with Gasteiger partial charge in [0, 0.05) is 24.3 Å². The summed E-state index contributed by atoms with van der Waals surface area (Å²) >= 11 is 0. The molecule has 35 valence electrons. The van der Waals surface area contributed by atoms with Crippen LogP contribution in [0.4, 0.5) is 4.39 Å². The van der Waals surface area contributed by atoms with E-state index < -0.39 is 5.71 Å². The van der Waals surface area contributed by atoms with Crippen LogP contribution in [0.15, 0.2) is 0 Å². The van der Waals surface area contributed by atoms with Gasteiger partial charge in [0.05, 0.1) is 0 Å². The molecule has 0 N–H and O–H groups in total. The summed E-state index contributed by atoms with van der Waals surface area (Å²) in [6.45, 7) is 0. The number of hydrogen-bond donors (Lipinski definition) is 0. The minimum absolute atomic E-state index is 0. The van der Waals surface area contributed by atoms with Crippen LogP contribution in [0.3, 0.4) is 0 Å². The van der Waals surface area contributed by atoms with Gasteiger partial charge < -0.3 is 5.41 Å². The van der Waals surface area contributed by atoms with E-state index in [0.717, 1.165) is 0 Å². The Morgan fingerprint density at radius 3 is 2.00 bits per heavy atom. The van der Waals surface area contributed by atoms with Crippen molar-refractivity contribution in [3.05, 3.63) is 5.41 Å². The Hall–Kier alpha value is 1.04. The fourth-order valence-electron chi connectivity index (χ4n) is 0. The van der Waals surface area contributed by atoms with Gasteiger partial charge in [-0.15, -0.1) is 8.93 Å². The molecule has 0 saturated carbocycles. The van der Waals surface area contributed by atoms with Gasteiger partial charge in [-0.05, 0) is 0 Å². The first kappa shape index (κ1) is 10.1. The van der Waals surface area contributed by atoms with Gasteiger partial charge in [-0.2, -0.15) is 0 Å². The second-order valence-electron chi connectivity index (χ2n) is 0.435. The summed E-state index contributed by atoms with van der Waals surface area (Å²) in [7, 11) is 1.90. The van der Waals surface area contributed by atoms with Crippen molar-refractivity contribution in [3.8, 4) is 0 Å². The van der Waals surface area contributed by atoms with Gasteiger partial charge in [-0.3, -0.25) is 0 Å². The third-order valence-electron chi connectivity index (χ3n) is 0.119. The van der Waals surface area contributed by atoms with E-state index in [1.807, 2.05) is 0 Å². The monoisotopic (exact) mass is 161 g/mol. The average molecular weight is 161 g/mol. The van der Waals surface area contributed by atoms with E-state index in [4.69, 9.17) is 5.41 Å². The zero-order valence-corrected chi connectivity index (χ0v) is 6.40. The number of hydrogen-bond acceptors (Lipinski definition) is 0. The van der Waals surface area contributed by atoms with Crippen molar-refractivity contribution < 1.29 is 22.9 Å². The number of halogens is 1. The Morgan fingerprint density at radius 1 is 1.83 bits per heavy atom. The maximum Gasteiger partial charge on any atom is 0.000128 e. The van der Waals surface area contributed by atoms with Gasteiger partial charge in [-0.25, -0.2) is 4.39 Å². The molecule has 1 nitrogen and oxygen atoms in total. The van der Waals surface area contributed by atoms with Crippen LogP contribution in [0.5, 0.6) is 0 Å². The van der Waals surface area contributed by atoms with Crippen LogP contribution >= 0.6 is 17.2 Å². The fourth-order valence-corrected chi connectivity index (χ4v) is 0. The van der Waals surface area contributed by atoms with E-state index in [1.165, 1.54) is 0 Å². The minimum atomic E-state index is -1.00. The van der Waals surface area contributed by atoms with Gasteiger partial charge in [0.25, 0.3) is 0 Å². The topological polar surface area (TPSA) is 22.3 Å². The first-order chi connectivity index (χ1) is 2.27. The standard InChI is InChI=1S/CH3FNP2.V/c2-1(3)5-4;/h5H,4H2;/q-1;. The predicted molar refractivity (Wildman–Crippen MR) is 27.5 cm³/mol. The van der Waals surface area contributed by atoms with E-state index in [1.54, 1.807) is 0 Å². The van der Waals surface area contributed by atoms with Crippen LogP contribution in [-0.2, 0) is 18.6 Å². The van der Waals surface area contributed by atoms with Gasteiger partial charge in [-0.1, -0.05) is 8.27 Å². The minimum Gasteiger partial charge on any atom is -0.777 e. The molecule has 0 aromatic heterocycles. The Balaban J connectivity index is 0. The van der Waals surface area contributed by atoms with E-state index in [9.17, 15) is 4.39 Å².